The van der Waals surface area contributed by atoms with Crippen molar-refractivity contribution < 1.29 is 9.18 Å². The number of rotatable bonds is 6. The molecule has 7 heteroatoms. The second kappa shape index (κ2) is 10.8. The monoisotopic (exact) mass is 384 g/mol. The van der Waals surface area contributed by atoms with Gasteiger partial charge < -0.3 is 15.5 Å². The van der Waals surface area contributed by atoms with Gasteiger partial charge in [0.1, 0.15) is 5.82 Å². The molecular weight excluding hydrogens is 355 g/mol. The minimum absolute atomic E-state index is 0. The van der Waals surface area contributed by atoms with Crippen molar-refractivity contribution in [2.24, 2.45) is 5.92 Å². The summed E-state index contributed by atoms with van der Waals surface area (Å²) in [5, 5.41) is 6.31. The number of hydrogen-bond acceptors (Lipinski definition) is 4. The van der Waals surface area contributed by atoms with Gasteiger partial charge in [-0.05, 0) is 44.0 Å². The number of amides is 1. The number of benzene rings is 1. The van der Waals surface area contributed by atoms with E-state index in [9.17, 15) is 9.18 Å². The first-order valence-electron chi connectivity index (χ1n) is 9.40. The molecule has 2 heterocycles. The maximum absolute atomic E-state index is 13.6. The minimum Gasteiger partial charge on any atom is -0.351 e. The molecule has 5 nitrogen and oxygen atoms in total. The third-order valence-electron chi connectivity index (χ3n) is 5.21. The van der Waals surface area contributed by atoms with E-state index in [0.29, 0.717) is 6.54 Å². The highest BCUT2D eigenvalue weighted by molar-refractivity contribution is 5.94. The van der Waals surface area contributed by atoms with Gasteiger partial charge in [-0.2, -0.15) is 0 Å². The SMILES string of the molecule is Cl.O=C(NCCN1CCN(CC2CCCNC2)CC1)c1ccccc1F. The standard InChI is InChI=1S/C19H29FN4O.ClH/c20-18-6-2-1-5-17(18)19(25)22-8-9-23-10-12-24(13-11-23)15-16-4-3-7-21-14-16;/h1-2,5-6,16,21H,3-4,7-15H2,(H,22,25);1H. The molecule has 1 atom stereocenters. The molecule has 1 amide bonds. The maximum Gasteiger partial charge on any atom is 0.254 e. The van der Waals surface area contributed by atoms with E-state index in [4.69, 9.17) is 0 Å². The fourth-order valence-electron chi connectivity index (χ4n) is 3.71. The van der Waals surface area contributed by atoms with Crippen molar-refractivity contribution in [3.05, 3.63) is 35.6 Å². The molecule has 3 rings (SSSR count). The summed E-state index contributed by atoms with van der Waals surface area (Å²) in [7, 11) is 0. The number of carbonyl (C=O) groups excluding carboxylic acids is 1. The zero-order valence-corrected chi connectivity index (χ0v) is 16.1. The lowest BCUT2D eigenvalue weighted by Crippen LogP contribution is -2.50. The van der Waals surface area contributed by atoms with Crippen LogP contribution in [0.5, 0.6) is 0 Å². The molecule has 0 spiro atoms. The fourth-order valence-corrected chi connectivity index (χ4v) is 3.71. The van der Waals surface area contributed by atoms with E-state index in [1.807, 2.05) is 0 Å². The number of halogens is 2. The Labute approximate surface area is 161 Å². The molecule has 1 aromatic rings. The van der Waals surface area contributed by atoms with Crippen molar-refractivity contribution in [1.29, 1.82) is 0 Å². The maximum atomic E-state index is 13.6. The van der Waals surface area contributed by atoms with Gasteiger partial charge in [-0.25, -0.2) is 4.39 Å². The van der Waals surface area contributed by atoms with Gasteiger partial charge in [0, 0.05) is 45.8 Å². The summed E-state index contributed by atoms with van der Waals surface area (Å²) in [6, 6.07) is 6.10. The normalized spacial score (nSPS) is 21.8. The van der Waals surface area contributed by atoms with Gasteiger partial charge in [0.2, 0.25) is 0 Å². The molecule has 1 aromatic carbocycles. The van der Waals surface area contributed by atoms with Gasteiger partial charge in [0.25, 0.3) is 5.91 Å². The third-order valence-corrected chi connectivity index (χ3v) is 5.21. The first-order valence-corrected chi connectivity index (χ1v) is 9.40. The molecule has 146 valence electrons. The van der Waals surface area contributed by atoms with Gasteiger partial charge >= 0.3 is 0 Å². The summed E-state index contributed by atoms with van der Waals surface area (Å²) < 4.78 is 13.6. The van der Waals surface area contributed by atoms with E-state index >= 15 is 0 Å². The van der Waals surface area contributed by atoms with E-state index in [2.05, 4.69) is 20.4 Å². The fraction of sp³-hybridized carbons (Fsp3) is 0.632. The quantitative estimate of drug-likeness (QED) is 0.782. The van der Waals surface area contributed by atoms with E-state index in [1.54, 1.807) is 12.1 Å². The van der Waals surface area contributed by atoms with Crippen molar-refractivity contribution in [2.75, 3.05) is 58.9 Å². The van der Waals surface area contributed by atoms with E-state index in [1.165, 1.54) is 38.1 Å². The van der Waals surface area contributed by atoms with Gasteiger partial charge in [0.05, 0.1) is 5.56 Å². The third kappa shape index (κ3) is 6.20. The highest BCUT2D eigenvalue weighted by atomic mass is 35.5. The van der Waals surface area contributed by atoms with Gasteiger partial charge in [0.15, 0.2) is 0 Å². The predicted octanol–water partition coefficient (Wildman–Crippen LogP) is 1.59. The number of nitrogens with zero attached hydrogens (tertiary/aromatic N) is 2. The summed E-state index contributed by atoms with van der Waals surface area (Å²) in [5.74, 6) is -0.00675. The van der Waals surface area contributed by atoms with Crippen molar-refractivity contribution in [1.82, 2.24) is 20.4 Å². The average Bonchev–Trinajstić information content (AvgIpc) is 2.64. The first-order chi connectivity index (χ1) is 12.2. The summed E-state index contributed by atoms with van der Waals surface area (Å²) in [4.78, 5) is 16.9. The Balaban J connectivity index is 0.00000243. The van der Waals surface area contributed by atoms with Crippen LogP contribution >= 0.6 is 12.4 Å². The van der Waals surface area contributed by atoms with Crippen LogP contribution < -0.4 is 10.6 Å². The number of piperazine rings is 1. The molecule has 0 aliphatic carbocycles. The highest BCUT2D eigenvalue weighted by Gasteiger charge is 2.21. The molecule has 0 bridgehead atoms. The number of carbonyl (C=O) groups is 1. The van der Waals surface area contributed by atoms with Crippen molar-refractivity contribution in [3.8, 4) is 0 Å². The van der Waals surface area contributed by atoms with E-state index in [0.717, 1.165) is 45.2 Å². The van der Waals surface area contributed by atoms with Crippen LogP contribution in [0.1, 0.15) is 23.2 Å². The molecule has 2 aliphatic heterocycles. The Morgan fingerprint density at radius 2 is 1.92 bits per heavy atom. The molecule has 2 N–H and O–H groups in total. The zero-order chi connectivity index (χ0) is 17.5. The van der Waals surface area contributed by atoms with Crippen LogP contribution in [0.25, 0.3) is 0 Å². The number of piperidine rings is 1. The number of nitrogens with one attached hydrogen (secondary N) is 2. The highest BCUT2D eigenvalue weighted by Crippen LogP contribution is 2.13. The minimum atomic E-state index is -0.467. The smallest absolute Gasteiger partial charge is 0.254 e. The van der Waals surface area contributed by atoms with E-state index in [-0.39, 0.29) is 23.9 Å². The second-order valence-electron chi connectivity index (χ2n) is 7.09. The predicted molar refractivity (Wildman–Crippen MR) is 104 cm³/mol. The first kappa shape index (κ1) is 21.1. The lowest BCUT2D eigenvalue weighted by atomic mass is 9.99. The zero-order valence-electron chi connectivity index (χ0n) is 15.3. The van der Waals surface area contributed by atoms with Gasteiger partial charge in [-0.15, -0.1) is 12.4 Å². The Morgan fingerprint density at radius 1 is 1.19 bits per heavy atom. The lowest BCUT2D eigenvalue weighted by Gasteiger charge is -2.37. The molecular formula is C19H30ClFN4O. The van der Waals surface area contributed by atoms with Crippen molar-refractivity contribution in [3.63, 3.8) is 0 Å². The van der Waals surface area contributed by atoms with Crippen LogP contribution in [0.2, 0.25) is 0 Å². The van der Waals surface area contributed by atoms with Crippen LogP contribution in [0.3, 0.4) is 0 Å². The Morgan fingerprint density at radius 3 is 2.62 bits per heavy atom. The molecule has 2 fully saturated rings. The van der Waals surface area contributed by atoms with Crippen LogP contribution in [0.15, 0.2) is 24.3 Å². The molecule has 1 unspecified atom stereocenters. The van der Waals surface area contributed by atoms with Crippen LogP contribution in [0.4, 0.5) is 4.39 Å². The Kier molecular flexibility index (Phi) is 8.78. The molecule has 0 aromatic heterocycles. The van der Waals surface area contributed by atoms with Crippen molar-refractivity contribution in [2.45, 2.75) is 12.8 Å². The van der Waals surface area contributed by atoms with E-state index < -0.39 is 5.82 Å². The molecule has 26 heavy (non-hydrogen) atoms. The lowest BCUT2D eigenvalue weighted by molar-refractivity contribution is 0.0922. The average molecular weight is 385 g/mol. The van der Waals surface area contributed by atoms with Gasteiger partial charge in [-0.1, -0.05) is 12.1 Å². The molecule has 0 radical (unpaired) electrons. The van der Waals surface area contributed by atoms with Crippen molar-refractivity contribution >= 4 is 18.3 Å². The number of hydrogen-bond donors (Lipinski definition) is 2. The Hall–Kier alpha value is -1.21. The van der Waals surface area contributed by atoms with Crippen LogP contribution in [-0.2, 0) is 0 Å². The topological polar surface area (TPSA) is 47.6 Å². The summed E-state index contributed by atoms with van der Waals surface area (Å²) in [6.45, 7) is 9.16. The molecule has 2 aliphatic rings. The van der Waals surface area contributed by atoms with Crippen LogP contribution in [-0.4, -0.2) is 74.6 Å². The largest absolute Gasteiger partial charge is 0.351 e. The summed E-state index contributed by atoms with van der Waals surface area (Å²) >= 11 is 0. The van der Waals surface area contributed by atoms with Crippen LogP contribution in [0, 0.1) is 11.7 Å². The molecule has 0 saturated carbocycles. The summed E-state index contributed by atoms with van der Waals surface area (Å²) in [5.41, 5.74) is 0.119. The Bertz CT molecular complexity index is 560. The second-order valence-corrected chi connectivity index (χ2v) is 7.09. The van der Waals surface area contributed by atoms with Gasteiger partial charge in [-0.3, -0.25) is 9.69 Å². The summed E-state index contributed by atoms with van der Waals surface area (Å²) in [6.07, 6.45) is 2.64. The molecule has 2 saturated heterocycles.